The number of carbonyl (C=O) groups is 1. The Morgan fingerprint density at radius 3 is 2.66 bits per heavy atom. The molecule has 4 rings (SSSR count). The van der Waals surface area contributed by atoms with Gasteiger partial charge in [-0.05, 0) is 12.1 Å². The molecular formula is C18H18FN5O5. The number of anilines is 1. The van der Waals surface area contributed by atoms with Gasteiger partial charge in [-0.1, -0.05) is 18.2 Å². The van der Waals surface area contributed by atoms with Gasteiger partial charge in [0.25, 0.3) is 5.91 Å². The Morgan fingerprint density at radius 1 is 1.17 bits per heavy atom. The number of halogens is 1. The molecular weight excluding hydrogens is 385 g/mol. The molecule has 3 heterocycles. The molecule has 29 heavy (non-hydrogen) atoms. The van der Waals surface area contributed by atoms with Gasteiger partial charge in [-0.15, -0.1) is 0 Å². The molecule has 3 aromatic rings. The molecule has 0 unspecified atom stereocenters. The number of nitrogens with zero attached hydrogens (tertiary/aromatic N) is 4. The summed E-state index contributed by atoms with van der Waals surface area (Å²) in [5.41, 5.74) is 0.798. The van der Waals surface area contributed by atoms with Crippen molar-refractivity contribution in [2.45, 2.75) is 30.7 Å². The maximum atomic E-state index is 14.3. The number of imidazole rings is 1. The summed E-state index contributed by atoms with van der Waals surface area (Å²) in [6.45, 7) is -0.634. The van der Waals surface area contributed by atoms with E-state index in [9.17, 15) is 24.5 Å². The third kappa shape index (κ3) is 3.44. The summed E-state index contributed by atoms with van der Waals surface area (Å²) in [6, 6.07) is 8.51. The van der Waals surface area contributed by atoms with Gasteiger partial charge in [-0.3, -0.25) is 9.36 Å². The zero-order valence-corrected chi connectivity index (χ0v) is 15.0. The zero-order chi connectivity index (χ0) is 20.5. The molecule has 1 aromatic carbocycles. The third-order valence-corrected chi connectivity index (χ3v) is 4.72. The van der Waals surface area contributed by atoms with Crippen LogP contribution in [0.1, 0.15) is 16.6 Å². The number of hydrogen-bond acceptors (Lipinski definition) is 8. The summed E-state index contributed by atoms with van der Waals surface area (Å²) in [4.78, 5) is 24.7. The van der Waals surface area contributed by atoms with Crippen molar-refractivity contribution in [3.05, 3.63) is 48.5 Å². The molecule has 1 amide bonds. The molecule has 11 heteroatoms. The van der Waals surface area contributed by atoms with Crippen LogP contribution in [-0.4, -0.2) is 71.8 Å². The van der Waals surface area contributed by atoms with Gasteiger partial charge < -0.3 is 25.4 Å². The SMILES string of the molecule is O=C(Nc1ncnc2c1ncn2[C@@H]1O[C@H](CO)[C@@H](O)[C@H](F)[C@H]1O)c1ccccc1. The minimum Gasteiger partial charge on any atom is -0.394 e. The lowest BCUT2D eigenvalue weighted by Gasteiger charge is -2.39. The van der Waals surface area contributed by atoms with Gasteiger partial charge >= 0.3 is 0 Å². The van der Waals surface area contributed by atoms with Gasteiger partial charge in [0.15, 0.2) is 29.4 Å². The molecule has 2 aromatic heterocycles. The second kappa shape index (κ2) is 7.79. The summed E-state index contributed by atoms with van der Waals surface area (Å²) in [5, 5.41) is 31.9. The van der Waals surface area contributed by atoms with E-state index in [1.54, 1.807) is 30.3 Å². The van der Waals surface area contributed by atoms with Crippen molar-refractivity contribution in [2.24, 2.45) is 0 Å². The minimum absolute atomic E-state index is 0.128. The molecule has 5 atom stereocenters. The average molecular weight is 403 g/mol. The standard InChI is InChI=1S/C18H18FN5O5/c19-11-13(26)10(6-25)29-18(14(11)27)24-8-22-12-15(20-7-21-16(12)24)23-17(28)9-4-2-1-3-5-9/h1-5,7-8,10-11,13-14,18,25-27H,6H2,(H,20,21,23,28)/t10-,11+,13-,14-,18-/m1/s1. The summed E-state index contributed by atoms with van der Waals surface area (Å²) >= 11 is 0. The minimum atomic E-state index is -2.04. The number of alkyl halides is 1. The Labute approximate surface area is 163 Å². The van der Waals surface area contributed by atoms with Gasteiger partial charge in [0, 0.05) is 5.56 Å². The van der Waals surface area contributed by atoms with Crippen LogP contribution in [0.3, 0.4) is 0 Å². The van der Waals surface area contributed by atoms with E-state index in [0.29, 0.717) is 5.56 Å². The highest BCUT2D eigenvalue weighted by molar-refractivity contribution is 6.06. The fourth-order valence-corrected chi connectivity index (χ4v) is 3.18. The zero-order valence-electron chi connectivity index (χ0n) is 15.0. The molecule has 1 aliphatic heterocycles. The molecule has 0 radical (unpaired) electrons. The number of carbonyl (C=O) groups excluding carboxylic acids is 1. The van der Waals surface area contributed by atoms with Crippen molar-refractivity contribution >= 4 is 22.9 Å². The molecule has 10 nitrogen and oxygen atoms in total. The number of aliphatic hydroxyl groups excluding tert-OH is 3. The van der Waals surface area contributed by atoms with Crippen molar-refractivity contribution in [1.29, 1.82) is 0 Å². The number of aliphatic hydroxyl groups is 3. The summed E-state index contributed by atoms with van der Waals surface area (Å²) < 4.78 is 21.0. The van der Waals surface area contributed by atoms with E-state index >= 15 is 0 Å². The van der Waals surface area contributed by atoms with Crippen LogP contribution in [0.25, 0.3) is 11.2 Å². The molecule has 0 spiro atoms. The fourth-order valence-electron chi connectivity index (χ4n) is 3.18. The van der Waals surface area contributed by atoms with Crippen LogP contribution in [0, 0.1) is 0 Å². The van der Waals surface area contributed by atoms with Crippen LogP contribution in [0.5, 0.6) is 0 Å². The van der Waals surface area contributed by atoms with E-state index in [-0.39, 0.29) is 17.0 Å². The van der Waals surface area contributed by atoms with Gasteiger partial charge in [0.05, 0.1) is 12.9 Å². The number of benzene rings is 1. The number of nitrogens with one attached hydrogen (secondary N) is 1. The predicted octanol–water partition coefficient (Wildman–Crippen LogP) is 0.0282. The van der Waals surface area contributed by atoms with Crippen LogP contribution >= 0.6 is 0 Å². The van der Waals surface area contributed by atoms with Gasteiger partial charge in [0.2, 0.25) is 0 Å². The number of aromatic nitrogens is 4. The first-order chi connectivity index (χ1) is 14.0. The smallest absolute Gasteiger partial charge is 0.256 e. The first-order valence-corrected chi connectivity index (χ1v) is 8.81. The monoisotopic (exact) mass is 403 g/mol. The first kappa shape index (κ1) is 19.3. The highest BCUT2D eigenvalue weighted by atomic mass is 19.1. The Bertz CT molecular complexity index is 1010. The van der Waals surface area contributed by atoms with Crippen molar-refractivity contribution in [3.8, 4) is 0 Å². The lowest BCUT2D eigenvalue weighted by molar-refractivity contribution is -0.235. The molecule has 1 fully saturated rings. The second-order valence-electron chi connectivity index (χ2n) is 6.54. The van der Waals surface area contributed by atoms with E-state index in [4.69, 9.17) is 4.74 Å². The van der Waals surface area contributed by atoms with Crippen LogP contribution in [0.4, 0.5) is 10.2 Å². The molecule has 0 aliphatic carbocycles. The quantitative estimate of drug-likeness (QED) is 0.478. The van der Waals surface area contributed by atoms with E-state index in [1.807, 2.05) is 0 Å². The van der Waals surface area contributed by atoms with Crippen LogP contribution in [0.2, 0.25) is 0 Å². The van der Waals surface area contributed by atoms with E-state index < -0.39 is 43.2 Å². The van der Waals surface area contributed by atoms with Crippen LogP contribution < -0.4 is 5.32 Å². The van der Waals surface area contributed by atoms with Crippen molar-refractivity contribution in [3.63, 3.8) is 0 Å². The van der Waals surface area contributed by atoms with Crippen molar-refractivity contribution in [1.82, 2.24) is 19.5 Å². The number of rotatable bonds is 4. The van der Waals surface area contributed by atoms with Crippen molar-refractivity contribution < 1.29 is 29.2 Å². The lowest BCUT2D eigenvalue weighted by Crippen LogP contribution is -2.54. The average Bonchev–Trinajstić information content (AvgIpc) is 3.18. The molecule has 1 aliphatic rings. The highest BCUT2D eigenvalue weighted by Gasteiger charge is 2.46. The van der Waals surface area contributed by atoms with Gasteiger partial charge in [-0.2, -0.15) is 0 Å². The van der Waals surface area contributed by atoms with Crippen LogP contribution in [0.15, 0.2) is 43.0 Å². The van der Waals surface area contributed by atoms with E-state index in [2.05, 4.69) is 20.3 Å². The number of ether oxygens (including phenoxy) is 1. The summed E-state index contributed by atoms with van der Waals surface area (Å²) in [7, 11) is 0. The Kier molecular flexibility index (Phi) is 5.20. The summed E-state index contributed by atoms with van der Waals surface area (Å²) in [6.07, 6.45) is -5.51. The second-order valence-corrected chi connectivity index (χ2v) is 6.54. The highest BCUT2D eigenvalue weighted by Crippen LogP contribution is 2.32. The largest absolute Gasteiger partial charge is 0.394 e. The Balaban J connectivity index is 1.66. The molecule has 0 saturated carbocycles. The molecule has 4 N–H and O–H groups in total. The maximum Gasteiger partial charge on any atom is 0.256 e. The normalized spacial score (nSPS) is 27.1. The molecule has 152 valence electrons. The van der Waals surface area contributed by atoms with Gasteiger partial charge in [-0.25, -0.2) is 19.3 Å². The fraction of sp³-hybridized carbons (Fsp3) is 0.333. The number of amides is 1. The summed E-state index contributed by atoms with van der Waals surface area (Å²) in [5.74, 6) is -0.273. The number of fused-ring (bicyclic) bond motifs is 1. The van der Waals surface area contributed by atoms with Crippen LogP contribution in [-0.2, 0) is 4.74 Å². The lowest BCUT2D eigenvalue weighted by atomic mass is 9.99. The maximum absolute atomic E-state index is 14.3. The van der Waals surface area contributed by atoms with Crippen molar-refractivity contribution in [2.75, 3.05) is 11.9 Å². The number of hydrogen-bond donors (Lipinski definition) is 4. The van der Waals surface area contributed by atoms with Gasteiger partial charge in [0.1, 0.15) is 24.6 Å². The third-order valence-electron chi connectivity index (χ3n) is 4.72. The Morgan fingerprint density at radius 2 is 1.93 bits per heavy atom. The Hall–Kier alpha value is -2.99. The topological polar surface area (TPSA) is 143 Å². The first-order valence-electron chi connectivity index (χ1n) is 8.81. The van der Waals surface area contributed by atoms with E-state index in [0.717, 1.165) is 0 Å². The predicted molar refractivity (Wildman–Crippen MR) is 97.6 cm³/mol. The molecule has 0 bridgehead atoms. The van der Waals surface area contributed by atoms with E-state index in [1.165, 1.54) is 17.2 Å². The molecule has 1 saturated heterocycles.